The number of rotatable bonds is 3. The predicted octanol–water partition coefficient (Wildman–Crippen LogP) is 2.12. The van der Waals surface area contributed by atoms with E-state index in [9.17, 15) is 9.59 Å². The van der Waals surface area contributed by atoms with Crippen molar-refractivity contribution < 1.29 is 14.3 Å². The van der Waals surface area contributed by atoms with E-state index in [-0.39, 0.29) is 18.2 Å². The van der Waals surface area contributed by atoms with Gasteiger partial charge in [0.1, 0.15) is 11.6 Å². The zero-order valence-corrected chi connectivity index (χ0v) is 12.0. The summed E-state index contributed by atoms with van der Waals surface area (Å²) < 4.78 is 5.61. The molecule has 0 saturated heterocycles. The summed E-state index contributed by atoms with van der Waals surface area (Å²) in [6.45, 7) is 1.93. The van der Waals surface area contributed by atoms with Gasteiger partial charge in [-0.1, -0.05) is 12.1 Å². The molecular formula is C16H15N3O3. The molecule has 0 spiro atoms. The minimum absolute atomic E-state index is 0.0737. The van der Waals surface area contributed by atoms with Crippen molar-refractivity contribution in [2.24, 2.45) is 0 Å². The molecule has 2 N–H and O–H groups in total. The van der Waals surface area contributed by atoms with Gasteiger partial charge in [0.05, 0.1) is 12.1 Å². The first-order chi connectivity index (χ1) is 10.6. The van der Waals surface area contributed by atoms with Crippen LogP contribution in [0.1, 0.15) is 12.0 Å². The molecular weight excluding hydrogens is 282 g/mol. The Morgan fingerprint density at radius 3 is 3.00 bits per heavy atom. The number of amides is 2. The Morgan fingerprint density at radius 1 is 1.36 bits per heavy atom. The molecule has 0 bridgehead atoms. The third-order valence-corrected chi connectivity index (χ3v) is 3.26. The Morgan fingerprint density at radius 2 is 2.23 bits per heavy atom. The van der Waals surface area contributed by atoms with Gasteiger partial charge in [0.15, 0.2) is 6.10 Å². The molecule has 2 amide bonds. The van der Waals surface area contributed by atoms with Gasteiger partial charge >= 0.3 is 0 Å². The van der Waals surface area contributed by atoms with Crippen molar-refractivity contribution in [1.29, 1.82) is 0 Å². The maximum absolute atomic E-state index is 12.0. The van der Waals surface area contributed by atoms with Gasteiger partial charge in [-0.2, -0.15) is 0 Å². The maximum Gasteiger partial charge on any atom is 0.266 e. The normalized spacial score (nSPS) is 16.2. The van der Waals surface area contributed by atoms with E-state index in [0.717, 1.165) is 5.56 Å². The van der Waals surface area contributed by atoms with Gasteiger partial charge < -0.3 is 15.4 Å². The number of hydrogen-bond donors (Lipinski definition) is 2. The highest BCUT2D eigenvalue weighted by Gasteiger charge is 2.29. The molecule has 1 aliphatic rings. The van der Waals surface area contributed by atoms with Gasteiger partial charge in [-0.05, 0) is 36.8 Å². The monoisotopic (exact) mass is 297 g/mol. The highest BCUT2D eigenvalue weighted by atomic mass is 16.5. The summed E-state index contributed by atoms with van der Waals surface area (Å²) in [6, 6.07) is 10.7. The number of anilines is 2. The SMILES string of the molecule is Cc1ccc2c(c1)NC(=O)C(CC(=O)Nc1ccccn1)O2. The number of carbonyl (C=O) groups is 2. The topological polar surface area (TPSA) is 80.3 Å². The van der Waals surface area contributed by atoms with Crippen molar-refractivity contribution in [1.82, 2.24) is 4.98 Å². The molecule has 6 nitrogen and oxygen atoms in total. The Bertz CT molecular complexity index is 716. The minimum Gasteiger partial charge on any atom is -0.478 e. The average molecular weight is 297 g/mol. The van der Waals surface area contributed by atoms with Gasteiger partial charge in [-0.25, -0.2) is 4.98 Å². The Labute approximate surface area is 127 Å². The molecule has 112 valence electrons. The van der Waals surface area contributed by atoms with E-state index in [1.807, 2.05) is 19.1 Å². The fourth-order valence-corrected chi connectivity index (χ4v) is 2.20. The van der Waals surface area contributed by atoms with Crippen LogP contribution >= 0.6 is 0 Å². The van der Waals surface area contributed by atoms with Crippen LogP contribution in [0.3, 0.4) is 0 Å². The maximum atomic E-state index is 12.0. The van der Waals surface area contributed by atoms with Gasteiger partial charge in [0.25, 0.3) is 5.91 Å². The van der Waals surface area contributed by atoms with E-state index in [1.165, 1.54) is 0 Å². The lowest BCUT2D eigenvalue weighted by atomic mass is 10.1. The molecule has 1 unspecified atom stereocenters. The summed E-state index contributed by atoms with van der Waals surface area (Å²) >= 11 is 0. The molecule has 1 aromatic carbocycles. The van der Waals surface area contributed by atoms with Gasteiger partial charge in [0, 0.05) is 6.20 Å². The Balaban J connectivity index is 1.67. The van der Waals surface area contributed by atoms with Crippen LogP contribution in [0.5, 0.6) is 5.75 Å². The number of aryl methyl sites for hydroxylation is 1. The van der Waals surface area contributed by atoms with E-state index in [0.29, 0.717) is 17.3 Å². The summed E-state index contributed by atoms with van der Waals surface area (Å²) in [4.78, 5) is 28.0. The number of carbonyl (C=O) groups excluding carboxylic acids is 2. The predicted molar refractivity (Wildman–Crippen MR) is 81.7 cm³/mol. The first kappa shape index (κ1) is 14.1. The molecule has 1 aromatic heterocycles. The number of benzene rings is 1. The first-order valence-electron chi connectivity index (χ1n) is 6.91. The number of nitrogens with zero attached hydrogens (tertiary/aromatic N) is 1. The lowest BCUT2D eigenvalue weighted by molar-refractivity contribution is -0.128. The Hall–Kier alpha value is -2.89. The Kier molecular flexibility index (Phi) is 3.74. The number of pyridine rings is 1. The number of ether oxygens (including phenoxy) is 1. The molecule has 0 saturated carbocycles. The van der Waals surface area contributed by atoms with Crippen LogP contribution in [0.15, 0.2) is 42.6 Å². The number of nitrogens with one attached hydrogen (secondary N) is 2. The molecule has 0 aliphatic carbocycles. The standard InChI is InChI=1S/C16H15N3O3/c1-10-5-6-12-11(8-10)18-16(21)13(22-12)9-15(20)19-14-4-2-3-7-17-14/h2-8,13H,9H2,1H3,(H,18,21)(H,17,19,20). The number of fused-ring (bicyclic) bond motifs is 1. The fraction of sp³-hybridized carbons (Fsp3) is 0.188. The van der Waals surface area contributed by atoms with Crippen LogP contribution < -0.4 is 15.4 Å². The van der Waals surface area contributed by atoms with E-state index in [2.05, 4.69) is 15.6 Å². The molecule has 3 rings (SSSR count). The van der Waals surface area contributed by atoms with Crippen LogP contribution in [0, 0.1) is 6.92 Å². The zero-order valence-electron chi connectivity index (χ0n) is 12.0. The molecule has 6 heteroatoms. The van der Waals surface area contributed by atoms with Crippen molar-refractivity contribution in [3.05, 3.63) is 48.2 Å². The molecule has 1 atom stereocenters. The third kappa shape index (κ3) is 3.06. The largest absolute Gasteiger partial charge is 0.478 e. The quantitative estimate of drug-likeness (QED) is 0.909. The van der Waals surface area contributed by atoms with Crippen molar-refractivity contribution in [3.8, 4) is 5.75 Å². The molecule has 2 aromatic rings. The van der Waals surface area contributed by atoms with Crippen molar-refractivity contribution in [3.63, 3.8) is 0 Å². The second kappa shape index (κ2) is 5.85. The van der Waals surface area contributed by atoms with Crippen LogP contribution in [0.2, 0.25) is 0 Å². The fourth-order valence-electron chi connectivity index (χ4n) is 2.20. The highest BCUT2D eigenvalue weighted by molar-refractivity contribution is 6.01. The second-order valence-corrected chi connectivity index (χ2v) is 5.06. The first-order valence-corrected chi connectivity index (χ1v) is 6.91. The van der Waals surface area contributed by atoms with Gasteiger partial charge in [-0.15, -0.1) is 0 Å². The summed E-state index contributed by atoms with van der Waals surface area (Å²) in [5.74, 6) is 0.365. The number of hydrogen-bond acceptors (Lipinski definition) is 4. The van der Waals surface area contributed by atoms with Crippen molar-refractivity contribution >= 4 is 23.3 Å². The molecule has 22 heavy (non-hydrogen) atoms. The lowest BCUT2D eigenvalue weighted by Crippen LogP contribution is -2.39. The molecule has 0 fully saturated rings. The molecule has 2 heterocycles. The summed E-state index contributed by atoms with van der Waals surface area (Å²) in [5.41, 5.74) is 1.65. The average Bonchev–Trinajstić information content (AvgIpc) is 2.49. The molecule has 0 radical (unpaired) electrons. The van der Waals surface area contributed by atoms with Crippen LogP contribution in [0.4, 0.5) is 11.5 Å². The molecule has 1 aliphatic heterocycles. The highest BCUT2D eigenvalue weighted by Crippen LogP contribution is 2.31. The van der Waals surface area contributed by atoms with Crippen molar-refractivity contribution in [2.45, 2.75) is 19.4 Å². The third-order valence-electron chi connectivity index (χ3n) is 3.26. The summed E-state index contributed by atoms with van der Waals surface area (Å²) in [5, 5.41) is 5.39. The van der Waals surface area contributed by atoms with Gasteiger partial charge in [-0.3, -0.25) is 9.59 Å². The summed E-state index contributed by atoms with van der Waals surface area (Å²) in [7, 11) is 0. The van der Waals surface area contributed by atoms with E-state index in [4.69, 9.17) is 4.74 Å². The van der Waals surface area contributed by atoms with Crippen molar-refractivity contribution in [2.75, 3.05) is 10.6 Å². The minimum atomic E-state index is -0.848. The van der Waals surface area contributed by atoms with Crippen LogP contribution in [-0.4, -0.2) is 22.9 Å². The van der Waals surface area contributed by atoms with Gasteiger partial charge in [0.2, 0.25) is 5.91 Å². The van der Waals surface area contributed by atoms with E-state index < -0.39 is 6.10 Å². The summed E-state index contributed by atoms with van der Waals surface area (Å²) in [6.07, 6.45) is 0.659. The zero-order chi connectivity index (χ0) is 15.5. The lowest BCUT2D eigenvalue weighted by Gasteiger charge is -2.25. The van der Waals surface area contributed by atoms with E-state index >= 15 is 0 Å². The van der Waals surface area contributed by atoms with E-state index in [1.54, 1.807) is 30.5 Å². The smallest absolute Gasteiger partial charge is 0.266 e. The van der Waals surface area contributed by atoms with Crippen LogP contribution in [0.25, 0.3) is 0 Å². The number of aromatic nitrogens is 1. The van der Waals surface area contributed by atoms with Crippen LogP contribution in [-0.2, 0) is 9.59 Å². The second-order valence-electron chi connectivity index (χ2n) is 5.06.